The smallest absolute Gasteiger partial charge is 0.340 e. The first-order valence-corrected chi connectivity index (χ1v) is 6.18. The molecule has 1 aromatic heterocycles. The highest BCUT2D eigenvalue weighted by Crippen LogP contribution is 2.17. The Hall–Kier alpha value is -2.30. The first kappa shape index (κ1) is 13.1. The highest BCUT2D eigenvalue weighted by Gasteiger charge is 2.11. The van der Waals surface area contributed by atoms with Crippen LogP contribution >= 0.6 is 0 Å². The van der Waals surface area contributed by atoms with Crippen LogP contribution in [0.3, 0.4) is 0 Å². The number of benzene rings is 1. The Bertz CT molecular complexity index is 563. The van der Waals surface area contributed by atoms with Crippen molar-refractivity contribution in [3.8, 4) is 0 Å². The number of para-hydroxylation sites is 1. The van der Waals surface area contributed by atoms with E-state index in [1.807, 2.05) is 31.4 Å². The molecule has 0 bridgehead atoms. The molecule has 0 aliphatic heterocycles. The molecule has 1 aromatic carbocycles. The zero-order valence-corrected chi connectivity index (χ0v) is 11.1. The fraction of sp³-hybridized carbons (Fsp3) is 0.286. The molecule has 0 fully saturated rings. The van der Waals surface area contributed by atoms with E-state index in [9.17, 15) is 4.79 Å². The minimum Gasteiger partial charge on any atom is -0.462 e. The maximum atomic E-state index is 11.8. The second-order valence-corrected chi connectivity index (χ2v) is 4.14. The maximum Gasteiger partial charge on any atom is 0.340 e. The normalized spacial score (nSPS) is 10.2. The summed E-state index contributed by atoms with van der Waals surface area (Å²) >= 11 is 0. The first-order valence-electron chi connectivity index (χ1n) is 6.18. The number of hydrogen-bond acceptors (Lipinski definition) is 4. The van der Waals surface area contributed by atoms with E-state index in [1.54, 1.807) is 23.9 Å². The molecule has 0 saturated heterocycles. The van der Waals surface area contributed by atoms with Gasteiger partial charge in [0, 0.05) is 31.0 Å². The lowest BCUT2D eigenvalue weighted by molar-refractivity contribution is 0.0527. The van der Waals surface area contributed by atoms with Gasteiger partial charge in [-0.3, -0.25) is 4.68 Å². The average molecular weight is 259 g/mol. The lowest BCUT2D eigenvalue weighted by atomic mass is 10.1. The van der Waals surface area contributed by atoms with Crippen molar-refractivity contribution in [3.05, 3.63) is 47.8 Å². The molecule has 100 valence electrons. The zero-order chi connectivity index (χ0) is 13.7. The van der Waals surface area contributed by atoms with E-state index in [0.29, 0.717) is 18.7 Å². The fourth-order valence-corrected chi connectivity index (χ4v) is 1.78. The van der Waals surface area contributed by atoms with Crippen LogP contribution in [0.2, 0.25) is 0 Å². The summed E-state index contributed by atoms with van der Waals surface area (Å²) in [4.78, 5) is 11.8. The Labute approximate surface area is 112 Å². The topological polar surface area (TPSA) is 56.1 Å². The number of aromatic nitrogens is 2. The molecule has 0 atom stereocenters. The zero-order valence-electron chi connectivity index (χ0n) is 11.1. The molecule has 0 saturated carbocycles. The van der Waals surface area contributed by atoms with Crippen molar-refractivity contribution in [2.75, 3.05) is 11.9 Å². The molecule has 19 heavy (non-hydrogen) atoms. The molecule has 2 rings (SSSR count). The Morgan fingerprint density at radius 2 is 2.21 bits per heavy atom. The van der Waals surface area contributed by atoms with Crippen molar-refractivity contribution in [1.29, 1.82) is 0 Å². The molecule has 5 heteroatoms. The summed E-state index contributed by atoms with van der Waals surface area (Å²) in [5.74, 6) is -0.309. The van der Waals surface area contributed by atoms with Gasteiger partial charge in [0.15, 0.2) is 0 Å². The van der Waals surface area contributed by atoms with Gasteiger partial charge < -0.3 is 10.1 Å². The molecular formula is C14H17N3O2. The summed E-state index contributed by atoms with van der Waals surface area (Å²) in [7, 11) is 1.87. The van der Waals surface area contributed by atoms with Gasteiger partial charge in [0.2, 0.25) is 0 Å². The Morgan fingerprint density at radius 1 is 1.42 bits per heavy atom. The van der Waals surface area contributed by atoms with Crippen LogP contribution in [0.4, 0.5) is 5.69 Å². The van der Waals surface area contributed by atoms with Gasteiger partial charge in [0.05, 0.1) is 18.4 Å². The van der Waals surface area contributed by atoms with Gasteiger partial charge in [-0.2, -0.15) is 5.10 Å². The molecule has 2 aromatic rings. The number of carbonyl (C=O) groups is 1. The SMILES string of the molecule is CCOC(=O)c1ccccc1NCc1cnn(C)c1. The second kappa shape index (κ2) is 6.04. The summed E-state index contributed by atoms with van der Waals surface area (Å²) < 4.78 is 6.77. The number of nitrogens with zero attached hydrogens (tertiary/aromatic N) is 2. The van der Waals surface area contributed by atoms with Crippen molar-refractivity contribution in [3.63, 3.8) is 0 Å². The van der Waals surface area contributed by atoms with Crippen LogP contribution in [-0.2, 0) is 18.3 Å². The molecule has 5 nitrogen and oxygen atoms in total. The van der Waals surface area contributed by atoms with Gasteiger partial charge >= 0.3 is 5.97 Å². The third kappa shape index (κ3) is 3.34. The van der Waals surface area contributed by atoms with Crippen LogP contribution < -0.4 is 5.32 Å². The molecular weight excluding hydrogens is 242 g/mol. The minimum absolute atomic E-state index is 0.309. The van der Waals surface area contributed by atoms with Crippen LogP contribution in [0.5, 0.6) is 0 Å². The van der Waals surface area contributed by atoms with Crippen molar-refractivity contribution >= 4 is 11.7 Å². The molecule has 1 N–H and O–H groups in total. The summed E-state index contributed by atoms with van der Waals surface area (Å²) in [6, 6.07) is 7.32. The van der Waals surface area contributed by atoms with Gasteiger partial charge in [-0.1, -0.05) is 12.1 Å². The van der Waals surface area contributed by atoms with E-state index in [-0.39, 0.29) is 5.97 Å². The molecule has 0 aliphatic carbocycles. The molecule has 0 amide bonds. The number of nitrogens with one attached hydrogen (secondary N) is 1. The first-order chi connectivity index (χ1) is 9.20. The number of aryl methyl sites for hydroxylation is 1. The van der Waals surface area contributed by atoms with Gasteiger partial charge in [-0.05, 0) is 19.1 Å². The monoisotopic (exact) mass is 259 g/mol. The lowest BCUT2D eigenvalue weighted by Gasteiger charge is -2.10. The van der Waals surface area contributed by atoms with Crippen LogP contribution in [0.15, 0.2) is 36.7 Å². The summed E-state index contributed by atoms with van der Waals surface area (Å²) in [5, 5.41) is 7.33. The van der Waals surface area contributed by atoms with Crippen LogP contribution in [0, 0.1) is 0 Å². The number of carbonyl (C=O) groups excluding carboxylic acids is 1. The Kier molecular flexibility index (Phi) is 4.18. The number of hydrogen-bond donors (Lipinski definition) is 1. The van der Waals surface area contributed by atoms with Crippen LogP contribution in [0.25, 0.3) is 0 Å². The van der Waals surface area contributed by atoms with Gasteiger partial charge in [-0.25, -0.2) is 4.79 Å². The highest BCUT2D eigenvalue weighted by molar-refractivity contribution is 5.95. The fourth-order valence-electron chi connectivity index (χ4n) is 1.78. The van der Waals surface area contributed by atoms with E-state index >= 15 is 0 Å². The van der Waals surface area contributed by atoms with Gasteiger partial charge in [-0.15, -0.1) is 0 Å². The molecule has 0 aliphatic rings. The van der Waals surface area contributed by atoms with Gasteiger partial charge in [0.25, 0.3) is 0 Å². The number of anilines is 1. The average Bonchev–Trinajstić information content (AvgIpc) is 2.83. The van der Waals surface area contributed by atoms with Crippen molar-refractivity contribution in [1.82, 2.24) is 9.78 Å². The lowest BCUT2D eigenvalue weighted by Crippen LogP contribution is -2.09. The van der Waals surface area contributed by atoms with Gasteiger partial charge in [0.1, 0.15) is 0 Å². The highest BCUT2D eigenvalue weighted by atomic mass is 16.5. The number of ether oxygens (including phenoxy) is 1. The third-order valence-corrected chi connectivity index (χ3v) is 2.66. The quantitative estimate of drug-likeness (QED) is 0.836. The predicted octanol–water partition coefficient (Wildman–Crippen LogP) is 2.21. The summed E-state index contributed by atoms with van der Waals surface area (Å²) in [5.41, 5.74) is 2.37. The Morgan fingerprint density at radius 3 is 2.89 bits per heavy atom. The maximum absolute atomic E-state index is 11.8. The summed E-state index contributed by atoms with van der Waals surface area (Å²) in [6.45, 7) is 2.78. The minimum atomic E-state index is -0.309. The van der Waals surface area contributed by atoms with Crippen LogP contribution in [0.1, 0.15) is 22.8 Å². The number of esters is 1. The van der Waals surface area contributed by atoms with E-state index in [0.717, 1.165) is 11.3 Å². The number of rotatable bonds is 5. The van der Waals surface area contributed by atoms with E-state index < -0.39 is 0 Å². The summed E-state index contributed by atoms with van der Waals surface area (Å²) in [6.07, 6.45) is 3.72. The van der Waals surface area contributed by atoms with E-state index in [2.05, 4.69) is 10.4 Å². The van der Waals surface area contributed by atoms with E-state index in [4.69, 9.17) is 4.74 Å². The van der Waals surface area contributed by atoms with Crippen molar-refractivity contribution < 1.29 is 9.53 Å². The molecule has 0 unspecified atom stereocenters. The van der Waals surface area contributed by atoms with Crippen molar-refractivity contribution in [2.24, 2.45) is 7.05 Å². The molecule has 0 spiro atoms. The second-order valence-electron chi connectivity index (χ2n) is 4.14. The molecule has 0 radical (unpaired) electrons. The van der Waals surface area contributed by atoms with Crippen molar-refractivity contribution in [2.45, 2.75) is 13.5 Å². The Balaban J connectivity index is 2.09. The molecule has 1 heterocycles. The van der Waals surface area contributed by atoms with E-state index in [1.165, 1.54) is 0 Å². The predicted molar refractivity (Wildman–Crippen MR) is 72.9 cm³/mol. The third-order valence-electron chi connectivity index (χ3n) is 2.66. The standard InChI is InChI=1S/C14H17N3O2/c1-3-19-14(18)12-6-4-5-7-13(12)15-8-11-9-16-17(2)10-11/h4-7,9-10,15H,3,8H2,1-2H3. The largest absolute Gasteiger partial charge is 0.462 e. The van der Waals surface area contributed by atoms with Crippen LogP contribution in [-0.4, -0.2) is 22.4 Å².